The van der Waals surface area contributed by atoms with Crippen LogP contribution in [0.2, 0.25) is 0 Å². The highest BCUT2D eigenvalue weighted by Crippen LogP contribution is 2.27. The molecular weight excluding hydrogens is 350 g/mol. The maximum atomic E-state index is 12.8. The molecule has 1 aromatic rings. The zero-order valence-corrected chi connectivity index (χ0v) is 15.7. The first-order chi connectivity index (χ1) is 10.8. The van der Waals surface area contributed by atoms with Crippen LogP contribution in [0.4, 0.5) is 5.69 Å². The molecule has 1 atom stereocenters. The normalized spacial score (nSPS) is 17.2. The Kier molecular flexibility index (Phi) is 7.66. The van der Waals surface area contributed by atoms with E-state index in [-0.39, 0.29) is 29.3 Å². The first kappa shape index (κ1) is 20.9. The van der Waals surface area contributed by atoms with E-state index in [0.29, 0.717) is 5.69 Å². The third-order valence-corrected chi connectivity index (χ3v) is 6.19. The molecule has 136 valence electrons. The average Bonchev–Trinajstić information content (AvgIpc) is 2.55. The van der Waals surface area contributed by atoms with E-state index in [1.807, 2.05) is 0 Å². The van der Waals surface area contributed by atoms with Crippen molar-refractivity contribution in [3.63, 3.8) is 0 Å². The number of anilines is 1. The van der Waals surface area contributed by atoms with Crippen LogP contribution in [0.25, 0.3) is 0 Å². The van der Waals surface area contributed by atoms with Crippen molar-refractivity contribution in [1.82, 2.24) is 4.31 Å². The number of benzene rings is 1. The van der Waals surface area contributed by atoms with Gasteiger partial charge in [0.1, 0.15) is 0 Å². The highest BCUT2D eigenvalue weighted by atomic mass is 35.5. The second-order valence-corrected chi connectivity index (χ2v) is 8.12. The summed E-state index contributed by atoms with van der Waals surface area (Å²) in [5, 5.41) is 2.63. The Labute approximate surface area is 150 Å². The van der Waals surface area contributed by atoms with Gasteiger partial charge in [0.05, 0.1) is 10.9 Å². The summed E-state index contributed by atoms with van der Waals surface area (Å²) in [4.78, 5) is 11.8. The molecule has 6 nitrogen and oxygen atoms in total. The van der Waals surface area contributed by atoms with Crippen LogP contribution in [-0.4, -0.2) is 37.8 Å². The van der Waals surface area contributed by atoms with Crippen LogP contribution >= 0.6 is 12.4 Å². The number of nitrogens with one attached hydrogen (secondary N) is 1. The lowest BCUT2D eigenvalue weighted by molar-refractivity contribution is -0.117. The van der Waals surface area contributed by atoms with E-state index in [1.165, 1.54) is 16.8 Å². The molecule has 2 rings (SSSR count). The molecule has 3 N–H and O–H groups in total. The summed E-state index contributed by atoms with van der Waals surface area (Å²) in [5.74, 6) is -0.347. The quantitative estimate of drug-likeness (QED) is 0.826. The largest absolute Gasteiger partial charge is 0.325 e. The molecular formula is C16H26ClN3O3S. The maximum Gasteiger partial charge on any atom is 0.243 e. The molecule has 24 heavy (non-hydrogen) atoms. The van der Waals surface area contributed by atoms with Crippen LogP contribution in [-0.2, 0) is 14.8 Å². The molecule has 0 spiro atoms. The van der Waals surface area contributed by atoms with Gasteiger partial charge < -0.3 is 11.1 Å². The van der Waals surface area contributed by atoms with Gasteiger partial charge in [0.2, 0.25) is 15.9 Å². The second kappa shape index (κ2) is 8.80. The fourth-order valence-electron chi connectivity index (χ4n) is 2.80. The second-order valence-electron chi connectivity index (χ2n) is 6.12. The standard InChI is InChI=1S/C16H25N3O3S.ClH/c1-12(17)16(20)18-13-7-6-10-15(11-13)23(21,22)19(2)14-8-4-3-5-9-14;/h6-7,10-12,14H,3-5,8-9,17H2,1-2H3,(H,18,20);1H/t12-;/m0./s1. The fraction of sp³-hybridized carbons (Fsp3) is 0.562. The molecule has 0 radical (unpaired) electrons. The maximum absolute atomic E-state index is 12.8. The minimum atomic E-state index is -3.57. The molecule has 0 saturated heterocycles. The van der Waals surface area contributed by atoms with E-state index < -0.39 is 16.1 Å². The average molecular weight is 376 g/mol. The molecule has 0 bridgehead atoms. The van der Waals surface area contributed by atoms with E-state index in [1.54, 1.807) is 32.2 Å². The molecule has 0 heterocycles. The van der Waals surface area contributed by atoms with Crippen LogP contribution in [0.3, 0.4) is 0 Å². The van der Waals surface area contributed by atoms with E-state index >= 15 is 0 Å². The Balaban J connectivity index is 0.00000288. The van der Waals surface area contributed by atoms with Crippen LogP contribution in [0.5, 0.6) is 0 Å². The van der Waals surface area contributed by atoms with Gasteiger partial charge in [-0.1, -0.05) is 25.3 Å². The summed E-state index contributed by atoms with van der Waals surface area (Å²) >= 11 is 0. The zero-order chi connectivity index (χ0) is 17.0. The topological polar surface area (TPSA) is 92.5 Å². The van der Waals surface area contributed by atoms with E-state index in [0.717, 1.165) is 25.7 Å². The third kappa shape index (κ3) is 4.92. The number of carbonyl (C=O) groups excluding carboxylic acids is 1. The first-order valence-corrected chi connectivity index (χ1v) is 9.41. The van der Waals surface area contributed by atoms with E-state index in [9.17, 15) is 13.2 Å². The number of rotatable bonds is 5. The Morgan fingerprint density at radius 2 is 1.92 bits per heavy atom. The molecule has 1 aliphatic carbocycles. The number of nitrogens with zero attached hydrogens (tertiary/aromatic N) is 1. The van der Waals surface area contributed by atoms with Crippen LogP contribution in [0.1, 0.15) is 39.0 Å². The summed E-state index contributed by atoms with van der Waals surface area (Å²) < 4.78 is 27.1. The summed E-state index contributed by atoms with van der Waals surface area (Å²) in [6, 6.07) is 5.71. The number of halogens is 1. The molecule has 0 aliphatic heterocycles. The molecule has 1 fully saturated rings. The smallest absolute Gasteiger partial charge is 0.243 e. The monoisotopic (exact) mass is 375 g/mol. The summed E-state index contributed by atoms with van der Waals surface area (Å²) in [6.07, 6.45) is 5.10. The molecule has 8 heteroatoms. The molecule has 1 saturated carbocycles. The molecule has 1 aliphatic rings. The Hall–Kier alpha value is -1.15. The van der Waals surface area contributed by atoms with Gasteiger partial charge in [-0.15, -0.1) is 12.4 Å². The predicted octanol–water partition coefficient (Wildman–Crippen LogP) is 2.35. The number of hydrogen-bond donors (Lipinski definition) is 2. The van der Waals surface area contributed by atoms with Crippen molar-refractivity contribution in [3.05, 3.63) is 24.3 Å². The van der Waals surface area contributed by atoms with Crippen LogP contribution in [0, 0.1) is 0 Å². The van der Waals surface area contributed by atoms with Gasteiger partial charge >= 0.3 is 0 Å². The zero-order valence-electron chi connectivity index (χ0n) is 14.1. The molecule has 0 unspecified atom stereocenters. The van der Waals surface area contributed by atoms with E-state index in [2.05, 4.69) is 5.32 Å². The van der Waals surface area contributed by atoms with Crippen molar-refractivity contribution in [2.45, 2.75) is 56.0 Å². The Morgan fingerprint density at radius 3 is 2.50 bits per heavy atom. The van der Waals surface area contributed by atoms with Gasteiger partial charge in [0, 0.05) is 18.8 Å². The van der Waals surface area contributed by atoms with Crippen molar-refractivity contribution in [1.29, 1.82) is 0 Å². The molecule has 1 amide bonds. The lowest BCUT2D eigenvalue weighted by Crippen LogP contribution is -2.38. The lowest BCUT2D eigenvalue weighted by Gasteiger charge is -2.30. The van der Waals surface area contributed by atoms with Gasteiger partial charge in [0.25, 0.3) is 0 Å². The Morgan fingerprint density at radius 1 is 1.29 bits per heavy atom. The van der Waals surface area contributed by atoms with Gasteiger partial charge in [-0.05, 0) is 38.0 Å². The minimum Gasteiger partial charge on any atom is -0.325 e. The highest BCUT2D eigenvalue weighted by molar-refractivity contribution is 7.89. The predicted molar refractivity (Wildman–Crippen MR) is 97.8 cm³/mol. The Bertz CT molecular complexity index is 658. The fourth-order valence-corrected chi connectivity index (χ4v) is 4.26. The van der Waals surface area contributed by atoms with Crippen LogP contribution in [0.15, 0.2) is 29.2 Å². The summed E-state index contributed by atoms with van der Waals surface area (Å²) in [7, 11) is -1.93. The number of amides is 1. The molecule has 1 aromatic carbocycles. The van der Waals surface area contributed by atoms with Crippen molar-refractivity contribution in [3.8, 4) is 0 Å². The number of nitrogens with two attached hydrogens (primary N) is 1. The number of carbonyl (C=O) groups is 1. The van der Waals surface area contributed by atoms with Crippen molar-refractivity contribution >= 4 is 34.0 Å². The SMILES string of the molecule is C[C@H](N)C(=O)Nc1cccc(S(=O)(=O)N(C)C2CCCCC2)c1.Cl. The summed E-state index contributed by atoms with van der Waals surface area (Å²) in [5.41, 5.74) is 5.95. The van der Waals surface area contributed by atoms with Gasteiger partial charge in [-0.25, -0.2) is 8.42 Å². The van der Waals surface area contributed by atoms with Gasteiger partial charge in [0.15, 0.2) is 0 Å². The highest BCUT2D eigenvalue weighted by Gasteiger charge is 2.29. The van der Waals surface area contributed by atoms with Crippen molar-refractivity contribution < 1.29 is 13.2 Å². The third-order valence-electron chi connectivity index (χ3n) is 4.28. The van der Waals surface area contributed by atoms with Gasteiger partial charge in [-0.3, -0.25) is 4.79 Å². The van der Waals surface area contributed by atoms with Gasteiger partial charge in [-0.2, -0.15) is 4.31 Å². The minimum absolute atomic E-state index is 0. The lowest BCUT2D eigenvalue weighted by atomic mass is 9.96. The number of hydrogen-bond acceptors (Lipinski definition) is 4. The number of sulfonamides is 1. The van der Waals surface area contributed by atoms with Crippen molar-refractivity contribution in [2.75, 3.05) is 12.4 Å². The van der Waals surface area contributed by atoms with Crippen LogP contribution < -0.4 is 11.1 Å². The van der Waals surface area contributed by atoms with E-state index in [4.69, 9.17) is 5.73 Å². The summed E-state index contributed by atoms with van der Waals surface area (Å²) in [6.45, 7) is 1.58. The first-order valence-electron chi connectivity index (χ1n) is 7.97. The molecule has 0 aromatic heterocycles. The van der Waals surface area contributed by atoms with Crippen molar-refractivity contribution in [2.24, 2.45) is 5.73 Å².